The summed E-state index contributed by atoms with van der Waals surface area (Å²) in [6.07, 6.45) is 4.61. The summed E-state index contributed by atoms with van der Waals surface area (Å²) in [6, 6.07) is 4.98. The van der Waals surface area contributed by atoms with Crippen LogP contribution in [-0.4, -0.2) is 36.1 Å². The minimum absolute atomic E-state index is 0.620. The maximum absolute atomic E-state index is 3.61. The number of rotatable bonds is 9. The van der Waals surface area contributed by atoms with Crippen LogP contribution in [0.1, 0.15) is 39.3 Å². The highest BCUT2D eigenvalue weighted by atomic mass is 15.1. The first kappa shape index (κ1) is 16.3. The second kappa shape index (κ2) is 8.39. The van der Waals surface area contributed by atoms with Crippen molar-refractivity contribution < 1.29 is 0 Å². The van der Waals surface area contributed by atoms with Gasteiger partial charge in [0.05, 0.1) is 0 Å². The van der Waals surface area contributed by atoms with Crippen molar-refractivity contribution in [3.8, 4) is 0 Å². The van der Waals surface area contributed by atoms with Gasteiger partial charge in [0, 0.05) is 37.6 Å². The largest absolute Gasteiger partial charge is 0.350 e. The van der Waals surface area contributed by atoms with Crippen LogP contribution in [0.3, 0.4) is 0 Å². The first-order valence-corrected chi connectivity index (χ1v) is 7.55. The molecule has 0 fully saturated rings. The van der Waals surface area contributed by atoms with E-state index in [1.807, 2.05) is 0 Å². The van der Waals surface area contributed by atoms with Gasteiger partial charge in [0.1, 0.15) is 0 Å². The molecule has 0 aliphatic rings. The van der Waals surface area contributed by atoms with Gasteiger partial charge in [-0.3, -0.25) is 0 Å². The fourth-order valence-corrected chi connectivity index (χ4v) is 2.46. The van der Waals surface area contributed by atoms with E-state index in [0.29, 0.717) is 6.04 Å². The van der Waals surface area contributed by atoms with Gasteiger partial charge in [-0.15, -0.1) is 0 Å². The van der Waals surface area contributed by atoms with Crippen LogP contribution in [0.5, 0.6) is 0 Å². The van der Waals surface area contributed by atoms with Gasteiger partial charge in [-0.05, 0) is 45.0 Å². The molecule has 0 radical (unpaired) electrons. The third kappa shape index (κ3) is 5.79. The molecule has 0 aliphatic carbocycles. The maximum Gasteiger partial charge on any atom is 0.0359 e. The summed E-state index contributed by atoms with van der Waals surface area (Å²) in [7, 11) is 4.35. The highest BCUT2D eigenvalue weighted by molar-refractivity contribution is 5.06. The van der Waals surface area contributed by atoms with E-state index >= 15 is 0 Å². The standard InChI is InChI=1S/C16H31N3/c1-6-9-19-10-7-8-15(19)12-17-13-16(18(4)5)11-14(2)3/h7-8,10,14,16-17H,6,9,11-13H2,1-5H3. The van der Waals surface area contributed by atoms with Gasteiger partial charge in [0.25, 0.3) is 0 Å². The minimum Gasteiger partial charge on any atom is -0.350 e. The monoisotopic (exact) mass is 265 g/mol. The van der Waals surface area contributed by atoms with Gasteiger partial charge in [-0.25, -0.2) is 0 Å². The third-order valence-corrected chi connectivity index (χ3v) is 3.55. The van der Waals surface area contributed by atoms with Gasteiger partial charge < -0.3 is 14.8 Å². The lowest BCUT2D eigenvalue weighted by molar-refractivity contribution is 0.246. The van der Waals surface area contributed by atoms with Crippen LogP contribution in [0, 0.1) is 5.92 Å². The number of likely N-dealkylation sites (N-methyl/N-ethyl adjacent to an activating group) is 1. The van der Waals surface area contributed by atoms with Gasteiger partial charge in [-0.2, -0.15) is 0 Å². The summed E-state index contributed by atoms with van der Waals surface area (Å²) >= 11 is 0. The molecule has 0 spiro atoms. The molecule has 1 heterocycles. The van der Waals surface area contributed by atoms with Crippen LogP contribution in [0.25, 0.3) is 0 Å². The topological polar surface area (TPSA) is 20.2 Å². The average Bonchev–Trinajstić information content (AvgIpc) is 2.75. The highest BCUT2D eigenvalue weighted by Crippen LogP contribution is 2.09. The minimum atomic E-state index is 0.620. The van der Waals surface area contributed by atoms with E-state index in [1.54, 1.807) is 0 Å². The van der Waals surface area contributed by atoms with Crippen molar-refractivity contribution in [3.63, 3.8) is 0 Å². The Morgan fingerprint density at radius 3 is 2.63 bits per heavy atom. The molecule has 0 aromatic carbocycles. The van der Waals surface area contributed by atoms with Gasteiger partial charge in [0.15, 0.2) is 0 Å². The molecule has 0 saturated carbocycles. The molecule has 1 rings (SSSR count). The lowest BCUT2D eigenvalue weighted by atomic mass is 10.0. The predicted molar refractivity (Wildman–Crippen MR) is 83.4 cm³/mol. The Hall–Kier alpha value is -0.800. The maximum atomic E-state index is 3.61. The van der Waals surface area contributed by atoms with E-state index in [9.17, 15) is 0 Å². The third-order valence-electron chi connectivity index (χ3n) is 3.55. The number of hydrogen-bond donors (Lipinski definition) is 1. The Morgan fingerprint density at radius 2 is 2.05 bits per heavy atom. The summed E-state index contributed by atoms with van der Waals surface area (Å²) in [5.74, 6) is 0.748. The van der Waals surface area contributed by atoms with Crippen molar-refractivity contribution in [2.24, 2.45) is 5.92 Å². The first-order chi connectivity index (χ1) is 9.04. The molecule has 1 unspecified atom stereocenters. The van der Waals surface area contributed by atoms with Gasteiger partial charge in [-0.1, -0.05) is 20.8 Å². The average molecular weight is 265 g/mol. The molecule has 19 heavy (non-hydrogen) atoms. The van der Waals surface area contributed by atoms with Crippen LogP contribution >= 0.6 is 0 Å². The number of nitrogens with zero attached hydrogens (tertiary/aromatic N) is 2. The van der Waals surface area contributed by atoms with E-state index in [2.05, 4.69) is 68.0 Å². The molecule has 1 aromatic rings. The molecule has 1 aromatic heterocycles. The van der Waals surface area contributed by atoms with Gasteiger partial charge >= 0.3 is 0 Å². The molecule has 1 atom stereocenters. The zero-order chi connectivity index (χ0) is 14.3. The summed E-state index contributed by atoms with van der Waals surface area (Å²) in [5.41, 5.74) is 1.39. The molecule has 1 N–H and O–H groups in total. The number of aryl methyl sites for hydroxylation is 1. The summed E-state index contributed by atoms with van der Waals surface area (Å²) < 4.78 is 2.35. The van der Waals surface area contributed by atoms with E-state index in [-0.39, 0.29) is 0 Å². The van der Waals surface area contributed by atoms with E-state index in [0.717, 1.165) is 25.6 Å². The number of aromatic nitrogens is 1. The van der Waals surface area contributed by atoms with E-state index in [1.165, 1.54) is 18.5 Å². The molecular weight excluding hydrogens is 234 g/mol. The second-order valence-electron chi connectivity index (χ2n) is 6.07. The molecule has 110 valence electrons. The van der Waals surface area contributed by atoms with Crippen molar-refractivity contribution in [2.75, 3.05) is 20.6 Å². The summed E-state index contributed by atoms with van der Waals surface area (Å²) in [4.78, 5) is 2.33. The Kier molecular flexibility index (Phi) is 7.17. The van der Waals surface area contributed by atoms with Crippen molar-refractivity contribution in [1.29, 1.82) is 0 Å². The van der Waals surface area contributed by atoms with Crippen LogP contribution in [0.15, 0.2) is 18.3 Å². The van der Waals surface area contributed by atoms with E-state index in [4.69, 9.17) is 0 Å². The lowest BCUT2D eigenvalue weighted by Crippen LogP contribution is -2.38. The Bertz CT molecular complexity index is 342. The van der Waals surface area contributed by atoms with Crippen LogP contribution in [-0.2, 0) is 13.1 Å². The second-order valence-corrected chi connectivity index (χ2v) is 6.07. The normalized spacial score (nSPS) is 13.4. The predicted octanol–water partition coefficient (Wildman–Crippen LogP) is 2.96. The Labute approximate surface area is 119 Å². The molecule has 3 heteroatoms. The molecule has 0 aliphatic heterocycles. The summed E-state index contributed by atoms with van der Waals surface area (Å²) in [5, 5.41) is 3.61. The molecule has 3 nitrogen and oxygen atoms in total. The van der Waals surface area contributed by atoms with Crippen LogP contribution < -0.4 is 5.32 Å². The number of hydrogen-bond acceptors (Lipinski definition) is 2. The van der Waals surface area contributed by atoms with Crippen molar-refractivity contribution in [2.45, 2.75) is 52.7 Å². The van der Waals surface area contributed by atoms with Crippen LogP contribution in [0.2, 0.25) is 0 Å². The fraction of sp³-hybridized carbons (Fsp3) is 0.750. The number of nitrogens with one attached hydrogen (secondary N) is 1. The van der Waals surface area contributed by atoms with Crippen molar-refractivity contribution in [1.82, 2.24) is 14.8 Å². The van der Waals surface area contributed by atoms with Crippen LogP contribution in [0.4, 0.5) is 0 Å². The summed E-state index contributed by atoms with van der Waals surface area (Å²) in [6.45, 7) is 9.96. The molecule has 0 bridgehead atoms. The first-order valence-electron chi connectivity index (χ1n) is 7.55. The Morgan fingerprint density at radius 1 is 1.32 bits per heavy atom. The van der Waals surface area contributed by atoms with Crippen molar-refractivity contribution >= 4 is 0 Å². The lowest BCUT2D eigenvalue weighted by Gasteiger charge is -2.26. The Balaban J connectivity index is 2.40. The zero-order valence-electron chi connectivity index (χ0n) is 13.3. The van der Waals surface area contributed by atoms with Gasteiger partial charge in [0.2, 0.25) is 0 Å². The highest BCUT2D eigenvalue weighted by Gasteiger charge is 2.12. The molecule has 0 saturated heterocycles. The zero-order valence-corrected chi connectivity index (χ0v) is 13.3. The SMILES string of the molecule is CCCn1cccc1CNCC(CC(C)C)N(C)C. The van der Waals surface area contributed by atoms with Crippen molar-refractivity contribution in [3.05, 3.63) is 24.0 Å². The molecule has 0 amide bonds. The smallest absolute Gasteiger partial charge is 0.0359 e. The van der Waals surface area contributed by atoms with E-state index < -0.39 is 0 Å². The quantitative estimate of drug-likeness (QED) is 0.741. The fourth-order valence-electron chi connectivity index (χ4n) is 2.46. The molecular formula is C16H31N3.